The van der Waals surface area contributed by atoms with Crippen molar-refractivity contribution < 1.29 is 13.9 Å². The topological polar surface area (TPSA) is 85.6 Å². The Morgan fingerprint density at radius 1 is 1.40 bits per heavy atom. The Morgan fingerprint density at radius 3 is 2.92 bits per heavy atom. The van der Waals surface area contributed by atoms with Gasteiger partial charge in [0, 0.05) is 11.8 Å². The number of fused-ring (bicyclic) bond motifs is 1. The average molecular weight is 362 g/mol. The minimum Gasteiger partial charge on any atom is -0.465 e. The Bertz CT molecular complexity index is 999. The third kappa shape index (κ3) is 3.50. The fraction of sp³-hybridized carbons (Fsp3) is 0.250. The van der Waals surface area contributed by atoms with Crippen LogP contribution in [-0.4, -0.2) is 27.7 Å². The van der Waals surface area contributed by atoms with Gasteiger partial charge in [-0.05, 0) is 24.6 Å². The fourth-order valence-electron chi connectivity index (χ4n) is 2.22. The summed E-state index contributed by atoms with van der Waals surface area (Å²) in [5.74, 6) is -1.41. The molecule has 0 saturated carbocycles. The highest BCUT2D eigenvalue weighted by molar-refractivity contribution is 7.16. The highest BCUT2D eigenvalue weighted by Gasteiger charge is 2.13. The molecule has 2 heterocycles. The summed E-state index contributed by atoms with van der Waals surface area (Å²) < 4.78 is 19.5. The van der Waals surface area contributed by atoms with Gasteiger partial charge in [0.05, 0.1) is 24.9 Å². The summed E-state index contributed by atoms with van der Waals surface area (Å²) in [5, 5.41) is 8.04. The molecule has 3 rings (SSSR count). The number of carbonyl (C=O) groups is 1. The molecule has 130 valence electrons. The van der Waals surface area contributed by atoms with Gasteiger partial charge in [0.2, 0.25) is 4.96 Å². The van der Waals surface area contributed by atoms with Crippen molar-refractivity contribution in [2.75, 3.05) is 12.4 Å². The zero-order valence-corrected chi connectivity index (χ0v) is 14.4. The summed E-state index contributed by atoms with van der Waals surface area (Å²) in [4.78, 5) is 28.6. The van der Waals surface area contributed by atoms with E-state index in [4.69, 9.17) is 0 Å². The molecule has 3 aromatic rings. The summed E-state index contributed by atoms with van der Waals surface area (Å²) in [7, 11) is 1.19. The molecule has 0 unspecified atom stereocenters. The number of aromatic nitrogens is 3. The predicted molar refractivity (Wildman–Crippen MR) is 91.6 cm³/mol. The standard InChI is InChI=1S/C16H15FN4O3S/c1-3-13-20-21-14(22)7-10(19-16(21)25-13)8-18-9-4-5-12(17)11(6-9)15(23)24-2/h4-7,18H,3,8H2,1-2H3. The second-order valence-corrected chi connectivity index (χ2v) is 6.21. The normalized spacial score (nSPS) is 10.8. The number of rotatable bonds is 5. The summed E-state index contributed by atoms with van der Waals surface area (Å²) in [6.07, 6.45) is 0.729. The molecule has 0 atom stereocenters. The van der Waals surface area contributed by atoms with Gasteiger partial charge in [-0.1, -0.05) is 18.3 Å². The van der Waals surface area contributed by atoms with E-state index < -0.39 is 11.8 Å². The monoisotopic (exact) mass is 362 g/mol. The van der Waals surface area contributed by atoms with Crippen LogP contribution in [0.3, 0.4) is 0 Å². The maximum Gasteiger partial charge on any atom is 0.340 e. The molecule has 0 aliphatic rings. The van der Waals surface area contributed by atoms with Crippen LogP contribution in [0.5, 0.6) is 0 Å². The number of nitrogens with one attached hydrogen (secondary N) is 1. The first-order valence-corrected chi connectivity index (χ1v) is 8.34. The number of ether oxygens (including phenoxy) is 1. The molecule has 0 amide bonds. The first-order chi connectivity index (χ1) is 12.0. The molecular weight excluding hydrogens is 347 g/mol. The molecule has 0 bridgehead atoms. The number of carbonyl (C=O) groups excluding carboxylic acids is 1. The number of halogens is 1. The summed E-state index contributed by atoms with van der Waals surface area (Å²) in [5.41, 5.74) is 0.626. The molecule has 0 saturated heterocycles. The molecule has 0 aliphatic carbocycles. The molecular formula is C16H15FN4O3S. The van der Waals surface area contributed by atoms with Crippen molar-refractivity contribution >= 4 is 28.0 Å². The molecule has 25 heavy (non-hydrogen) atoms. The van der Waals surface area contributed by atoms with Gasteiger partial charge in [0.25, 0.3) is 5.56 Å². The molecule has 0 fully saturated rings. The maximum absolute atomic E-state index is 13.6. The Labute approximate surface area is 146 Å². The average Bonchev–Trinajstić information content (AvgIpc) is 3.04. The minimum atomic E-state index is -0.754. The van der Waals surface area contributed by atoms with E-state index in [1.165, 1.54) is 47.2 Å². The van der Waals surface area contributed by atoms with E-state index in [0.29, 0.717) is 16.3 Å². The Balaban J connectivity index is 1.83. The van der Waals surface area contributed by atoms with Crippen molar-refractivity contribution in [1.29, 1.82) is 0 Å². The first-order valence-electron chi connectivity index (χ1n) is 7.52. The maximum atomic E-state index is 13.6. The lowest BCUT2D eigenvalue weighted by Crippen LogP contribution is -2.17. The van der Waals surface area contributed by atoms with Crippen LogP contribution in [0.4, 0.5) is 10.1 Å². The number of methoxy groups -OCH3 is 1. The van der Waals surface area contributed by atoms with Gasteiger partial charge in [-0.15, -0.1) is 0 Å². The van der Waals surface area contributed by atoms with Crippen molar-refractivity contribution in [2.45, 2.75) is 19.9 Å². The van der Waals surface area contributed by atoms with Crippen molar-refractivity contribution in [2.24, 2.45) is 0 Å². The van der Waals surface area contributed by atoms with E-state index in [-0.39, 0.29) is 17.7 Å². The van der Waals surface area contributed by atoms with E-state index in [1.54, 1.807) is 0 Å². The van der Waals surface area contributed by atoms with E-state index >= 15 is 0 Å². The Kier molecular flexibility index (Phi) is 4.75. The highest BCUT2D eigenvalue weighted by atomic mass is 32.1. The van der Waals surface area contributed by atoms with Crippen LogP contribution < -0.4 is 10.9 Å². The Hall–Kier alpha value is -2.81. The summed E-state index contributed by atoms with van der Waals surface area (Å²) in [6.45, 7) is 2.20. The molecule has 9 heteroatoms. The van der Waals surface area contributed by atoms with Crippen LogP contribution in [0.2, 0.25) is 0 Å². The lowest BCUT2D eigenvalue weighted by Gasteiger charge is -2.08. The molecule has 0 radical (unpaired) electrons. The zero-order valence-electron chi connectivity index (χ0n) is 13.6. The fourth-order valence-corrected chi connectivity index (χ4v) is 3.08. The van der Waals surface area contributed by atoms with Crippen LogP contribution in [0.15, 0.2) is 29.1 Å². The Morgan fingerprint density at radius 2 is 2.20 bits per heavy atom. The van der Waals surface area contributed by atoms with Gasteiger partial charge in [-0.3, -0.25) is 4.79 Å². The SMILES string of the molecule is CCc1nn2c(=O)cc(CNc3ccc(F)c(C(=O)OC)c3)nc2s1. The largest absolute Gasteiger partial charge is 0.465 e. The van der Waals surface area contributed by atoms with E-state index in [1.807, 2.05) is 6.92 Å². The van der Waals surface area contributed by atoms with Gasteiger partial charge < -0.3 is 10.1 Å². The molecule has 1 aromatic carbocycles. The molecule has 0 spiro atoms. The summed E-state index contributed by atoms with van der Waals surface area (Å²) in [6, 6.07) is 5.42. The molecule has 1 N–H and O–H groups in total. The lowest BCUT2D eigenvalue weighted by atomic mass is 10.2. The molecule has 0 aliphatic heterocycles. The van der Waals surface area contributed by atoms with Crippen LogP contribution in [0.25, 0.3) is 4.96 Å². The van der Waals surface area contributed by atoms with Crippen LogP contribution in [0.1, 0.15) is 28.0 Å². The number of hydrogen-bond donors (Lipinski definition) is 1. The van der Waals surface area contributed by atoms with Crippen molar-refractivity contribution in [3.8, 4) is 0 Å². The highest BCUT2D eigenvalue weighted by Crippen LogP contribution is 2.17. The van der Waals surface area contributed by atoms with Crippen molar-refractivity contribution in [3.05, 3.63) is 56.7 Å². The van der Waals surface area contributed by atoms with E-state index in [9.17, 15) is 14.0 Å². The number of anilines is 1. The first kappa shape index (κ1) is 17.0. The van der Waals surface area contributed by atoms with Gasteiger partial charge in [-0.25, -0.2) is 14.2 Å². The molecule has 2 aromatic heterocycles. The summed E-state index contributed by atoms with van der Waals surface area (Å²) >= 11 is 1.36. The third-order valence-electron chi connectivity index (χ3n) is 3.49. The zero-order chi connectivity index (χ0) is 18.0. The van der Waals surface area contributed by atoms with E-state index in [2.05, 4.69) is 20.1 Å². The van der Waals surface area contributed by atoms with E-state index in [0.717, 1.165) is 11.4 Å². The van der Waals surface area contributed by atoms with Crippen LogP contribution in [0, 0.1) is 5.82 Å². The smallest absolute Gasteiger partial charge is 0.340 e. The number of benzene rings is 1. The second kappa shape index (κ2) is 6.98. The number of hydrogen-bond acceptors (Lipinski definition) is 7. The predicted octanol–water partition coefficient (Wildman–Crippen LogP) is 2.25. The van der Waals surface area contributed by atoms with Gasteiger partial charge in [-0.2, -0.15) is 9.61 Å². The number of nitrogens with zero attached hydrogens (tertiary/aromatic N) is 3. The quantitative estimate of drug-likeness (QED) is 0.701. The van der Waals surface area contributed by atoms with Crippen LogP contribution in [-0.2, 0) is 17.7 Å². The lowest BCUT2D eigenvalue weighted by molar-refractivity contribution is 0.0595. The minimum absolute atomic E-state index is 0.161. The second-order valence-electron chi connectivity index (χ2n) is 5.17. The van der Waals surface area contributed by atoms with Crippen molar-refractivity contribution in [3.63, 3.8) is 0 Å². The van der Waals surface area contributed by atoms with Crippen LogP contribution >= 0.6 is 11.3 Å². The molecule has 7 nitrogen and oxygen atoms in total. The number of esters is 1. The number of aryl methyl sites for hydroxylation is 1. The van der Waals surface area contributed by atoms with Gasteiger partial charge >= 0.3 is 5.97 Å². The third-order valence-corrected chi connectivity index (χ3v) is 4.54. The van der Waals surface area contributed by atoms with Gasteiger partial charge in [0.15, 0.2) is 0 Å². The van der Waals surface area contributed by atoms with Crippen molar-refractivity contribution in [1.82, 2.24) is 14.6 Å². The van der Waals surface area contributed by atoms with Gasteiger partial charge in [0.1, 0.15) is 10.8 Å².